The summed E-state index contributed by atoms with van der Waals surface area (Å²) in [6, 6.07) is 14.2. The molecule has 3 rings (SSSR count). The van der Waals surface area contributed by atoms with Crippen LogP contribution in [-0.2, 0) is 14.3 Å². The molecule has 0 unspecified atom stereocenters. The van der Waals surface area contributed by atoms with Gasteiger partial charge in [-0.15, -0.1) is 0 Å². The molecule has 0 saturated carbocycles. The van der Waals surface area contributed by atoms with Crippen LogP contribution < -0.4 is 5.32 Å². The molecule has 1 amide bonds. The molecule has 3 aromatic rings. The number of nitriles is 1. The number of nitro benzene ring substituents is 1. The van der Waals surface area contributed by atoms with E-state index in [2.05, 4.69) is 11.4 Å². The van der Waals surface area contributed by atoms with E-state index < -0.39 is 35.1 Å². The first-order valence-corrected chi connectivity index (χ1v) is 10.8. The molecule has 0 spiro atoms. The summed E-state index contributed by atoms with van der Waals surface area (Å²) >= 11 is 0. The molecule has 11 heteroatoms. The van der Waals surface area contributed by atoms with Gasteiger partial charge >= 0.3 is 11.9 Å². The Balaban J connectivity index is 1.82. The third kappa shape index (κ3) is 5.39. The topological polar surface area (TPSA) is 154 Å². The summed E-state index contributed by atoms with van der Waals surface area (Å²) in [5, 5.41) is 23.5. The second-order valence-electron chi connectivity index (χ2n) is 7.59. The molecule has 1 aromatic heterocycles. The van der Waals surface area contributed by atoms with Gasteiger partial charge in [0, 0.05) is 23.5 Å². The number of rotatable bonds is 8. The normalized spacial score (nSPS) is 10.3. The van der Waals surface area contributed by atoms with Crippen molar-refractivity contribution in [3.8, 4) is 11.8 Å². The van der Waals surface area contributed by atoms with Crippen molar-refractivity contribution in [2.45, 2.75) is 20.8 Å². The van der Waals surface area contributed by atoms with Gasteiger partial charge in [-0.25, -0.2) is 9.59 Å². The predicted octanol–water partition coefficient (Wildman–Crippen LogP) is 3.85. The van der Waals surface area contributed by atoms with Crippen LogP contribution in [0.5, 0.6) is 0 Å². The number of nitrogens with zero attached hydrogens (tertiary/aromatic N) is 3. The third-order valence-corrected chi connectivity index (χ3v) is 5.31. The molecule has 0 fully saturated rings. The number of hydrogen-bond acceptors (Lipinski definition) is 8. The van der Waals surface area contributed by atoms with Crippen LogP contribution in [0.3, 0.4) is 0 Å². The van der Waals surface area contributed by atoms with Gasteiger partial charge in [-0.1, -0.05) is 18.2 Å². The van der Waals surface area contributed by atoms with Gasteiger partial charge < -0.3 is 14.8 Å². The zero-order valence-corrected chi connectivity index (χ0v) is 19.7. The molecule has 11 nitrogen and oxygen atoms in total. The van der Waals surface area contributed by atoms with Gasteiger partial charge in [0.2, 0.25) is 0 Å². The van der Waals surface area contributed by atoms with E-state index in [0.717, 1.165) is 29.6 Å². The molecule has 36 heavy (non-hydrogen) atoms. The van der Waals surface area contributed by atoms with Crippen molar-refractivity contribution in [1.29, 1.82) is 5.26 Å². The molecule has 0 saturated heterocycles. The Bertz CT molecular complexity index is 1390. The summed E-state index contributed by atoms with van der Waals surface area (Å²) in [5.74, 6) is -2.40. The van der Waals surface area contributed by atoms with E-state index in [9.17, 15) is 29.8 Å². The van der Waals surface area contributed by atoms with Gasteiger partial charge in [-0.2, -0.15) is 5.26 Å². The Hall–Kier alpha value is -4.98. The SMILES string of the molecule is CCOC(=O)c1cc(C(=O)OCC(=O)Nc2c(C#N)c(C)c(C)n2-c2ccccc2)cc([N+](=O)[O-])c1. The summed E-state index contributed by atoms with van der Waals surface area (Å²) in [5.41, 5.74) is 1.39. The highest BCUT2D eigenvalue weighted by molar-refractivity contribution is 5.98. The molecule has 0 atom stereocenters. The van der Waals surface area contributed by atoms with Crippen molar-refractivity contribution in [2.24, 2.45) is 0 Å². The fraction of sp³-hybridized carbons (Fsp3) is 0.200. The van der Waals surface area contributed by atoms with E-state index in [-0.39, 0.29) is 29.1 Å². The molecule has 1 N–H and O–H groups in total. The number of para-hydroxylation sites is 1. The first-order valence-electron chi connectivity index (χ1n) is 10.8. The Morgan fingerprint density at radius 3 is 2.22 bits per heavy atom. The Morgan fingerprint density at radius 1 is 1.06 bits per heavy atom. The van der Waals surface area contributed by atoms with Gasteiger partial charge in [-0.3, -0.25) is 19.5 Å². The number of benzene rings is 2. The zero-order valence-electron chi connectivity index (χ0n) is 19.7. The van der Waals surface area contributed by atoms with Crippen LogP contribution in [0.15, 0.2) is 48.5 Å². The monoisotopic (exact) mass is 490 g/mol. The van der Waals surface area contributed by atoms with Crippen molar-refractivity contribution in [2.75, 3.05) is 18.5 Å². The number of anilines is 1. The fourth-order valence-corrected chi connectivity index (χ4v) is 3.51. The highest BCUT2D eigenvalue weighted by Gasteiger charge is 2.23. The minimum Gasteiger partial charge on any atom is -0.462 e. The van der Waals surface area contributed by atoms with Crippen LogP contribution in [0.25, 0.3) is 5.69 Å². The Morgan fingerprint density at radius 2 is 1.67 bits per heavy atom. The number of nitro groups is 1. The third-order valence-electron chi connectivity index (χ3n) is 5.31. The van der Waals surface area contributed by atoms with E-state index >= 15 is 0 Å². The molecule has 0 bridgehead atoms. The number of carbonyl (C=O) groups excluding carboxylic acids is 3. The van der Waals surface area contributed by atoms with Crippen molar-refractivity contribution in [3.05, 3.63) is 86.6 Å². The van der Waals surface area contributed by atoms with Crippen LogP contribution in [-0.4, -0.2) is 40.5 Å². The summed E-state index contributed by atoms with van der Waals surface area (Å²) in [7, 11) is 0. The quantitative estimate of drug-likeness (QED) is 0.284. The van der Waals surface area contributed by atoms with Crippen molar-refractivity contribution in [1.82, 2.24) is 4.57 Å². The summed E-state index contributed by atoms with van der Waals surface area (Å²) in [6.45, 7) is 4.43. The minimum absolute atomic E-state index is 0.0375. The molecule has 0 aliphatic rings. The van der Waals surface area contributed by atoms with Crippen LogP contribution in [0.2, 0.25) is 0 Å². The number of hydrogen-bond donors (Lipinski definition) is 1. The second kappa shape index (κ2) is 11.0. The summed E-state index contributed by atoms with van der Waals surface area (Å²) in [6.07, 6.45) is 0. The number of esters is 2. The first-order chi connectivity index (χ1) is 17.2. The van der Waals surface area contributed by atoms with E-state index in [1.807, 2.05) is 37.3 Å². The van der Waals surface area contributed by atoms with Crippen molar-refractivity contribution < 1.29 is 28.8 Å². The number of amides is 1. The fourth-order valence-electron chi connectivity index (χ4n) is 3.51. The van der Waals surface area contributed by atoms with E-state index in [1.54, 1.807) is 18.4 Å². The predicted molar refractivity (Wildman–Crippen MR) is 128 cm³/mol. The maximum Gasteiger partial charge on any atom is 0.338 e. The van der Waals surface area contributed by atoms with E-state index in [1.165, 1.54) is 0 Å². The maximum atomic E-state index is 12.7. The van der Waals surface area contributed by atoms with Crippen molar-refractivity contribution >= 4 is 29.4 Å². The summed E-state index contributed by atoms with van der Waals surface area (Å²) < 4.78 is 11.6. The highest BCUT2D eigenvalue weighted by Crippen LogP contribution is 2.30. The smallest absolute Gasteiger partial charge is 0.338 e. The molecule has 1 heterocycles. The molecule has 184 valence electrons. The van der Waals surface area contributed by atoms with Crippen LogP contribution in [0.4, 0.5) is 11.5 Å². The standard InChI is InChI=1S/C25H22N4O7/c1-4-35-24(31)17-10-18(12-20(11-17)29(33)34)25(32)36-14-22(30)27-23-21(13-26)15(2)16(3)28(23)19-8-6-5-7-9-19/h5-12H,4,14H2,1-3H3,(H,27,30). The minimum atomic E-state index is -1.05. The second-order valence-corrected chi connectivity index (χ2v) is 7.59. The van der Waals surface area contributed by atoms with Gasteiger partial charge in [0.25, 0.3) is 11.6 Å². The Kier molecular flexibility index (Phi) is 7.81. The largest absolute Gasteiger partial charge is 0.462 e. The average molecular weight is 490 g/mol. The highest BCUT2D eigenvalue weighted by atomic mass is 16.6. The lowest BCUT2D eigenvalue weighted by atomic mass is 10.1. The van der Waals surface area contributed by atoms with E-state index in [4.69, 9.17) is 9.47 Å². The average Bonchev–Trinajstić information content (AvgIpc) is 3.11. The molecular weight excluding hydrogens is 468 g/mol. The van der Waals surface area contributed by atoms with Crippen LogP contribution in [0.1, 0.15) is 44.5 Å². The molecule has 0 aliphatic heterocycles. The summed E-state index contributed by atoms with van der Waals surface area (Å²) in [4.78, 5) is 47.7. The van der Waals surface area contributed by atoms with Crippen LogP contribution in [0, 0.1) is 35.3 Å². The molecule has 0 aliphatic carbocycles. The zero-order chi connectivity index (χ0) is 26.4. The lowest BCUT2D eigenvalue weighted by Gasteiger charge is -2.13. The molecule has 0 radical (unpaired) electrons. The maximum absolute atomic E-state index is 12.7. The number of nitrogens with one attached hydrogen (secondary N) is 1. The van der Waals surface area contributed by atoms with E-state index in [0.29, 0.717) is 5.56 Å². The first kappa shape index (κ1) is 25.6. The molecule has 2 aromatic carbocycles. The van der Waals surface area contributed by atoms with Crippen LogP contribution >= 0.6 is 0 Å². The number of ether oxygens (including phenoxy) is 2. The van der Waals surface area contributed by atoms with Gasteiger partial charge in [0.15, 0.2) is 6.61 Å². The number of aromatic nitrogens is 1. The Labute approximate surface area is 206 Å². The number of non-ortho nitro benzene ring substituents is 1. The van der Waals surface area contributed by atoms with Gasteiger partial charge in [0.1, 0.15) is 11.9 Å². The van der Waals surface area contributed by atoms with Crippen molar-refractivity contribution in [3.63, 3.8) is 0 Å². The molecular formula is C25H22N4O7. The lowest BCUT2D eigenvalue weighted by Crippen LogP contribution is -2.23. The lowest BCUT2D eigenvalue weighted by molar-refractivity contribution is -0.384. The number of carbonyl (C=O) groups is 3. The van der Waals surface area contributed by atoms with Gasteiger partial charge in [-0.05, 0) is 44.5 Å². The van der Waals surface area contributed by atoms with Gasteiger partial charge in [0.05, 0.1) is 28.2 Å².